The predicted octanol–water partition coefficient (Wildman–Crippen LogP) is -1.31. The van der Waals surface area contributed by atoms with Gasteiger partial charge in [0.25, 0.3) is 0 Å². The van der Waals surface area contributed by atoms with E-state index in [2.05, 4.69) is 10.8 Å². The molecule has 0 atom stereocenters. The number of carboxylic acids is 2. The molecular formula is C22H37N3O9. The number of carboxylic acid groups (broad SMARTS) is 2. The van der Waals surface area contributed by atoms with Crippen LogP contribution in [0.5, 0.6) is 0 Å². The topological polar surface area (TPSA) is 138 Å². The van der Waals surface area contributed by atoms with Crippen LogP contribution in [0.1, 0.15) is 6.42 Å². The largest absolute Gasteiger partial charge is 0.480 e. The minimum atomic E-state index is -1.06. The maximum Gasteiger partial charge on any atom is 0.317 e. The van der Waals surface area contributed by atoms with Crippen LogP contribution >= 0.6 is 0 Å². The van der Waals surface area contributed by atoms with Gasteiger partial charge in [-0.05, 0) is 0 Å². The van der Waals surface area contributed by atoms with Crippen LogP contribution in [0, 0.1) is 12.3 Å². The van der Waals surface area contributed by atoms with Gasteiger partial charge in [-0.3, -0.25) is 24.2 Å². The Balaban J connectivity index is 2.02. The van der Waals surface area contributed by atoms with Crippen LogP contribution in [0.2, 0.25) is 0 Å². The third-order valence-corrected chi connectivity index (χ3v) is 4.94. The molecule has 0 spiro atoms. The second-order valence-electron chi connectivity index (χ2n) is 7.56. The number of aliphatic carboxylic acids is 2. The second-order valence-corrected chi connectivity index (χ2v) is 7.56. The third-order valence-electron chi connectivity index (χ3n) is 4.94. The van der Waals surface area contributed by atoms with Crippen molar-refractivity contribution in [3.63, 3.8) is 0 Å². The number of hydrogen-bond donors (Lipinski definition) is 2. The number of rotatable bonds is 20. The maximum atomic E-state index is 12.3. The first kappa shape index (κ1) is 29.8. The molecule has 0 radical (unpaired) electrons. The number of ether oxygens (including phenoxy) is 4. The minimum Gasteiger partial charge on any atom is -0.480 e. The first-order valence-electron chi connectivity index (χ1n) is 11.3. The summed E-state index contributed by atoms with van der Waals surface area (Å²) >= 11 is 0. The van der Waals surface area contributed by atoms with Crippen LogP contribution < -0.4 is 0 Å². The van der Waals surface area contributed by atoms with Gasteiger partial charge >= 0.3 is 11.9 Å². The van der Waals surface area contributed by atoms with E-state index in [1.165, 1.54) is 4.90 Å². The van der Waals surface area contributed by atoms with Crippen molar-refractivity contribution in [3.8, 4) is 12.3 Å². The van der Waals surface area contributed by atoms with Gasteiger partial charge in [-0.15, -0.1) is 6.42 Å². The number of terminal acetylenes is 1. The SMILES string of the molecule is C#CCOCCOCCOCCOCCC(=O)N1CCN(CCN(CC(=O)O)CC(=O)O)CC1. The van der Waals surface area contributed by atoms with E-state index in [9.17, 15) is 14.4 Å². The standard InChI is InChI=1S/C22H37N3O9/c1-2-10-31-12-14-33-16-17-34-15-13-32-11-3-20(26)25-8-6-23(7-9-25)4-5-24(18-21(27)28)19-22(29)30/h1H,3-19H2,(H,27,28)(H,29,30). The summed E-state index contributed by atoms with van der Waals surface area (Å²) in [5.41, 5.74) is 0. The second kappa shape index (κ2) is 19.1. The molecule has 0 aromatic rings. The normalized spacial score (nSPS) is 14.3. The predicted molar refractivity (Wildman–Crippen MR) is 121 cm³/mol. The van der Waals surface area contributed by atoms with E-state index >= 15 is 0 Å². The highest BCUT2D eigenvalue weighted by Crippen LogP contribution is 2.05. The molecule has 0 aromatic heterocycles. The Kier molecular flexibility index (Phi) is 16.7. The van der Waals surface area contributed by atoms with Crippen molar-refractivity contribution in [1.29, 1.82) is 0 Å². The molecule has 0 unspecified atom stereocenters. The van der Waals surface area contributed by atoms with Crippen molar-refractivity contribution in [2.45, 2.75) is 6.42 Å². The lowest BCUT2D eigenvalue weighted by molar-refractivity contribution is -0.142. The highest BCUT2D eigenvalue weighted by Gasteiger charge is 2.22. The molecule has 12 heteroatoms. The van der Waals surface area contributed by atoms with Gasteiger partial charge in [0.2, 0.25) is 5.91 Å². The molecule has 1 heterocycles. The first-order valence-corrected chi connectivity index (χ1v) is 11.3. The summed E-state index contributed by atoms with van der Waals surface area (Å²) in [4.78, 5) is 39.3. The van der Waals surface area contributed by atoms with E-state index in [0.717, 1.165) is 0 Å². The Bertz CT molecular complexity index is 618. The van der Waals surface area contributed by atoms with Gasteiger partial charge < -0.3 is 34.1 Å². The van der Waals surface area contributed by atoms with Gasteiger partial charge in [-0.2, -0.15) is 0 Å². The van der Waals surface area contributed by atoms with Crippen molar-refractivity contribution in [2.24, 2.45) is 0 Å². The highest BCUT2D eigenvalue weighted by atomic mass is 16.6. The van der Waals surface area contributed by atoms with Crippen LogP contribution in [0.4, 0.5) is 0 Å². The minimum absolute atomic E-state index is 0.0272. The molecule has 1 aliphatic heterocycles. The molecule has 0 aromatic carbocycles. The quantitative estimate of drug-likeness (QED) is 0.156. The zero-order valence-electron chi connectivity index (χ0n) is 19.7. The van der Waals surface area contributed by atoms with Gasteiger partial charge in [0, 0.05) is 39.3 Å². The fourth-order valence-electron chi connectivity index (χ4n) is 3.21. The number of amides is 1. The lowest BCUT2D eigenvalue weighted by atomic mass is 10.2. The Hall–Kier alpha value is -2.27. The van der Waals surface area contributed by atoms with Crippen molar-refractivity contribution in [1.82, 2.24) is 14.7 Å². The van der Waals surface area contributed by atoms with Crippen LogP contribution in [0.15, 0.2) is 0 Å². The number of carbonyl (C=O) groups excluding carboxylic acids is 1. The Labute approximate surface area is 200 Å². The van der Waals surface area contributed by atoms with Gasteiger partial charge in [-0.1, -0.05) is 5.92 Å². The number of hydrogen-bond acceptors (Lipinski definition) is 9. The Morgan fingerprint density at radius 1 is 0.794 bits per heavy atom. The maximum absolute atomic E-state index is 12.3. The molecule has 12 nitrogen and oxygen atoms in total. The Morgan fingerprint density at radius 2 is 1.29 bits per heavy atom. The van der Waals surface area contributed by atoms with Crippen molar-refractivity contribution in [3.05, 3.63) is 0 Å². The first-order chi connectivity index (χ1) is 16.4. The van der Waals surface area contributed by atoms with Crippen molar-refractivity contribution in [2.75, 3.05) is 105 Å². The molecule has 34 heavy (non-hydrogen) atoms. The molecule has 1 rings (SSSR count). The highest BCUT2D eigenvalue weighted by molar-refractivity contribution is 5.76. The number of carbonyl (C=O) groups is 3. The molecule has 1 fully saturated rings. The lowest BCUT2D eigenvalue weighted by Gasteiger charge is -2.35. The summed E-state index contributed by atoms with van der Waals surface area (Å²) in [5, 5.41) is 17.8. The summed E-state index contributed by atoms with van der Waals surface area (Å²) in [5.74, 6) is 0.286. The summed E-state index contributed by atoms with van der Waals surface area (Å²) in [6.07, 6.45) is 5.36. The molecule has 1 amide bonds. The van der Waals surface area contributed by atoms with Crippen LogP contribution in [-0.2, 0) is 33.3 Å². The summed E-state index contributed by atoms with van der Waals surface area (Å²) < 4.78 is 21.2. The summed E-state index contributed by atoms with van der Waals surface area (Å²) in [6, 6.07) is 0. The zero-order valence-corrected chi connectivity index (χ0v) is 19.7. The summed E-state index contributed by atoms with van der Waals surface area (Å²) in [6.45, 7) is 5.99. The molecule has 194 valence electrons. The average molecular weight is 488 g/mol. The number of nitrogens with zero attached hydrogens (tertiary/aromatic N) is 3. The zero-order chi connectivity index (χ0) is 25.0. The van der Waals surface area contributed by atoms with E-state index in [4.69, 9.17) is 35.6 Å². The smallest absolute Gasteiger partial charge is 0.317 e. The van der Waals surface area contributed by atoms with E-state index in [0.29, 0.717) is 91.9 Å². The van der Waals surface area contributed by atoms with Crippen LogP contribution in [0.25, 0.3) is 0 Å². The van der Waals surface area contributed by atoms with E-state index in [1.807, 2.05) is 0 Å². The van der Waals surface area contributed by atoms with Crippen LogP contribution in [-0.4, -0.2) is 148 Å². The van der Waals surface area contributed by atoms with Crippen molar-refractivity contribution >= 4 is 17.8 Å². The molecule has 1 saturated heterocycles. The molecule has 0 bridgehead atoms. The molecule has 1 aliphatic rings. The van der Waals surface area contributed by atoms with Gasteiger partial charge in [-0.25, -0.2) is 0 Å². The Morgan fingerprint density at radius 3 is 1.79 bits per heavy atom. The fourth-order valence-corrected chi connectivity index (χ4v) is 3.21. The van der Waals surface area contributed by atoms with E-state index in [1.54, 1.807) is 4.90 Å². The van der Waals surface area contributed by atoms with Crippen molar-refractivity contribution < 1.29 is 43.5 Å². The number of piperazine rings is 1. The lowest BCUT2D eigenvalue weighted by Crippen LogP contribution is -2.51. The summed E-state index contributed by atoms with van der Waals surface area (Å²) in [7, 11) is 0. The van der Waals surface area contributed by atoms with Gasteiger partial charge in [0.15, 0.2) is 0 Å². The monoisotopic (exact) mass is 487 g/mol. The van der Waals surface area contributed by atoms with Gasteiger partial charge in [0.1, 0.15) is 6.61 Å². The fraction of sp³-hybridized carbons (Fsp3) is 0.773. The molecule has 0 aliphatic carbocycles. The van der Waals surface area contributed by atoms with E-state index < -0.39 is 11.9 Å². The molecule has 2 N–H and O–H groups in total. The van der Waals surface area contributed by atoms with Gasteiger partial charge in [0.05, 0.1) is 65.8 Å². The third kappa shape index (κ3) is 15.5. The van der Waals surface area contributed by atoms with E-state index in [-0.39, 0.29) is 25.6 Å². The molecule has 0 saturated carbocycles. The molecular weight excluding hydrogens is 450 g/mol. The van der Waals surface area contributed by atoms with Crippen LogP contribution in [0.3, 0.4) is 0 Å². The average Bonchev–Trinajstić information content (AvgIpc) is 2.80.